The third-order valence-corrected chi connectivity index (χ3v) is 5.14. The van der Waals surface area contributed by atoms with Crippen molar-refractivity contribution < 1.29 is 4.74 Å². The molecule has 1 saturated heterocycles. The average Bonchev–Trinajstić information content (AvgIpc) is 2.48. The number of methoxy groups -OCH3 is 1. The summed E-state index contributed by atoms with van der Waals surface area (Å²) in [5.41, 5.74) is 9.28. The van der Waals surface area contributed by atoms with E-state index in [4.69, 9.17) is 10.5 Å². The zero-order valence-corrected chi connectivity index (χ0v) is 13.4. The highest BCUT2D eigenvalue weighted by atomic mass is 16.5. The summed E-state index contributed by atoms with van der Waals surface area (Å²) < 4.78 is 5.33. The molecule has 0 bridgehead atoms. The van der Waals surface area contributed by atoms with Gasteiger partial charge in [0.05, 0.1) is 7.11 Å². The molecule has 1 aliphatic carbocycles. The summed E-state index contributed by atoms with van der Waals surface area (Å²) in [7, 11) is 3.93. The Hall–Kier alpha value is -1.10. The molecule has 1 heterocycles. The molecule has 1 aromatic rings. The van der Waals surface area contributed by atoms with Gasteiger partial charge in [0.15, 0.2) is 0 Å². The first-order valence-corrected chi connectivity index (χ1v) is 7.97. The molecule has 3 atom stereocenters. The molecule has 4 nitrogen and oxygen atoms in total. The van der Waals surface area contributed by atoms with Crippen molar-refractivity contribution in [3.63, 3.8) is 0 Å². The van der Waals surface area contributed by atoms with Crippen LogP contribution in [0.2, 0.25) is 0 Å². The predicted octanol–water partition coefficient (Wildman–Crippen LogP) is 1.65. The maximum absolute atomic E-state index is 6.61. The van der Waals surface area contributed by atoms with Crippen LogP contribution in [0.1, 0.15) is 30.5 Å². The number of hydrogen-bond acceptors (Lipinski definition) is 4. The van der Waals surface area contributed by atoms with Gasteiger partial charge in [-0.15, -0.1) is 0 Å². The van der Waals surface area contributed by atoms with E-state index in [0.29, 0.717) is 12.1 Å². The van der Waals surface area contributed by atoms with Crippen molar-refractivity contribution >= 4 is 0 Å². The molecule has 1 aliphatic heterocycles. The Labute approximate surface area is 127 Å². The Morgan fingerprint density at radius 1 is 1.29 bits per heavy atom. The van der Waals surface area contributed by atoms with E-state index in [9.17, 15) is 0 Å². The highest BCUT2D eigenvalue weighted by molar-refractivity contribution is 5.40. The van der Waals surface area contributed by atoms with Gasteiger partial charge in [-0.3, -0.25) is 4.90 Å². The maximum Gasteiger partial charge on any atom is 0.119 e. The highest BCUT2D eigenvalue weighted by Gasteiger charge is 2.35. The maximum atomic E-state index is 6.61. The Bertz CT molecular complexity index is 505. The van der Waals surface area contributed by atoms with Crippen LogP contribution < -0.4 is 10.5 Å². The van der Waals surface area contributed by atoms with Crippen LogP contribution in [0.15, 0.2) is 18.2 Å². The molecule has 0 radical (unpaired) electrons. The fourth-order valence-electron chi connectivity index (χ4n) is 3.96. The average molecular weight is 289 g/mol. The zero-order chi connectivity index (χ0) is 15.0. The first-order chi connectivity index (χ1) is 10.1. The summed E-state index contributed by atoms with van der Waals surface area (Å²) in [5.74, 6) is 0.937. The van der Waals surface area contributed by atoms with Crippen LogP contribution in [0.5, 0.6) is 5.75 Å². The Morgan fingerprint density at radius 2 is 2.10 bits per heavy atom. The summed E-state index contributed by atoms with van der Waals surface area (Å²) in [4.78, 5) is 5.03. The second-order valence-electron chi connectivity index (χ2n) is 6.55. The van der Waals surface area contributed by atoms with Crippen LogP contribution in [0.3, 0.4) is 0 Å². The summed E-state index contributed by atoms with van der Waals surface area (Å²) in [6, 6.07) is 7.51. The van der Waals surface area contributed by atoms with Gasteiger partial charge < -0.3 is 15.4 Å². The van der Waals surface area contributed by atoms with Gasteiger partial charge in [0.2, 0.25) is 0 Å². The number of piperazine rings is 1. The number of ether oxygens (including phenoxy) is 1. The molecule has 0 aromatic heterocycles. The molecule has 1 aromatic carbocycles. The van der Waals surface area contributed by atoms with E-state index in [-0.39, 0.29) is 6.04 Å². The van der Waals surface area contributed by atoms with Crippen molar-refractivity contribution in [2.24, 2.45) is 5.73 Å². The SMILES string of the molecule is COc1ccc2c(c1)CCC(N1CCN(C)CC1C)C2N. The smallest absolute Gasteiger partial charge is 0.119 e. The standard InChI is InChI=1S/C17H27N3O/c1-12-11-19(2)8-9-20(12)16-7-4-13-10-14(21-3)5-6-15(13)17(16)18/h5-6,10,12,16-17H,4,7-9,11,18H2,1-3H3. The van der Waals surface area contributed by atoms with Crippen LogP contribution in [0, 0.1) is 0 Å². The third-order valence-electron chi connectivity index (χ3n) is 5.14. The van der Waals surface area contributed by atoms with Gasteiger partial charge in [-0.05, 0) is 50.1 Å². The minimum atomic E-state index is 0.116. The number of rotatable bonds is 2. The quantitative estimate of drug-likeness (QED) is 0.899. The zero-order valence-electron chi connectivity index (χ0n) is 13.4. The minimum Gasteiger partial charge on any atom is -0.497 e. The lowest BCUT2D eigenvalue weighted by Crippen LogP contribution is -2.57. The summed E-state index contributed by atoms with van der Waals surface area (Å²) in [5, 5.41) is 0. The van der Waals surface area contributed by atoms with Gasteiger partial charge in [0.1, 0.15) is 5.75 Å². The second-order valence-corrected chi connectivity index (χ2v) is 6.55. The summed E-state index contributed by atoms with van der Waals surface area (Å²) in [6.07, 6.45) is 2.25. The van der Waals surface area contributed by atoms with Gasteiger partial charge >= 0.3 is 0 Å². The molecule has 0 saturated carbocycles. The molecule has 1 fully saturated rings. The molecule has 0 amide bonds. The Morgan fingerprint density at radius 3 is 2.81 bits per heavy atom. The number of aryl methyl sites for hydroxylation is 1. The molecule has 3 unspecified atom stereocenters. The molecule has 2 N–H and O–H groups in total. The van der Waals surface area contributed by atoms with Crippen LogP contribution in [0.25, 0.3) is 0 Å². The summed E-state index contributed by atoms with van der Waals surface area (Å²) in [6.45, 7) is 5.73. The van der Waals surface area contributed by atoms with E-state index < -0.39 is 0 Å². The molecular weight excluding hydrogens is 262 g/mol. The normalized spacial score (nSPS) is 31.0. The van der Waals surface area contributed by atoms with E-state index >= 15 is 0 Å². The largest absolute Gasteiger partial charge is 0.497 e. The number of likely N-dealkylation sites (N-methyl/N-ethyl adjacent to an activating group) is 1. The van der Waals surface area contributed by atoms with Crippen molar-refractivity contribution in [3.05, 3.63) is 29.3 Å². The highest BCUT2D eigenvalue weighted by Crippen LogP contribution is 2.34. The summed E-state index contributed by atoms with van der Waals surface area (Å²) >= 11 is 0. The van der Waals surface area contributed by atoms with Crippen molar-refractivity contribution in [2.75, 3.05) is 33.8 Å². The molecule has 3 rings (SSSR count). The van der Waals surface area contributed by atoms with Crippen molar-refractivity contribution in [2.45, 2.75) is 37.9 Å². The topological polar surface area (TPSA) is 41.7 Å². The Balaban J connectivity index is 1.80. The Kier molecular flexibility index (Phi) is 4.20. The van der Waals surface area contributed by atoms with Gasteiger partial charge in [-0.25, -0.2) is 0 Å². The molecular formula is C17H27N3O. The van der Waals surface area contributed by atoms with Gasteiger partial charge in [-0.2, -0.15) is 0 Å². The lowest BCUT2D eigenvalue weighted by atomic mass is 9.83. The fraction of sp³-hybridized carbons (Fsp3) is 0.647. The lowest BCUT2D eigenvalue weighted by molar-refractivity contribution is 0.0438. The van der Waals surface area contributed by atoms with Crippen LogP contribution >= 0.6 is 0 Å². The van der Waals surface area contributed by atoms with E-state index in [1.165, 1.54) is 11.1 Å². The second kappa shape index (κ2) is 5.95. The van der Waals surface area contributed by atoms with Crippen molar-refractivity contribution in [1.29, 1.82) is 0 Å². The van der Waals surface area contributed by atoms with Crippen LogP contribution in [-0.2, 0) is 6.42 Å². The first kappa shape index (κ1) is 14.8. The first-order valence-electron chi connectivity index (χ1n) is 7.97. The number of benzene rings is 1. The molecule has 4 heteroatoms. The van der Waals surface area contributed by atoms with E-state index in [0.717, 1.165) is 38.2 Å². The number of fused-ring (bicyclic) bond motifs is 1. The van der Waals surface area contributed by atoms with Crippen molar-refractivity contribution in [3.8, 4) is 5.75 Å². The monoisotopic (exact) mass is 289 g/mol. The lowest BCUT2D eigenvalue weighted by Gasteiger charge is -2.46. The van der Waals surface area contributed by atoms with Crippen LogP contribution in [0.4, 0.5) is 0 Å². The van der Waals surface area contributed by atoms with Crippen LogP contribution in [-0.4, -0.2) is 55.7 Å². The number of nitrogens with two attached hydrogens (primary N) is 1. The number of nitrogens with zero attached hydrogens (tertiary/aromatic N) is 2. The van der Waals surface area contributed by atoms with Gasteiger partial charge in [0.25, 0.3) is 0 Å². The third kappa shape index (κ3) is 2.80. The van der Waals surface area contributed by atoms with Crippen molar-refractivity contribution in [1.82, 2.24) is 9.80 Å². The molecule has 116 valence electrons. The van der Waals surface area contributed by atoms with E-state index in [1.54, 1.807) is 7.11 Å². The molecule has 0 spiro atoms. The van der Waals surface area contributed by atoms with Gasteiger partial charge in [-0.1, -0.05) is 6.07 Å². The van der Waals surface area contributed by atoms with E-state index in [1.807, 2.05) is 6.07 Å². The number of hydrogen-bond donors (Lipinski definition) is 1. The van der Waals surface area contributed by atoms with Gasteiger partial charge in [0, 0.05) is 37.8 Å². The fourth-order valence-corrected chi connectivity index (χ4v) is 3.96. The molecule has 2 aliphatic rings. The minimum absolute atomic E-state index is 0.116. The predicted molar refractivity (Wildman–Crippen MR) is 85.7 cm³/mol. The van der Waals surface area contributed by atoms with E-state index in [2.05, 4.69) is 35.9 Å². The molecule has 21 heavy (non-hydrogen) atoms.